The predicted octanol–water partition coefficient (Wildman–Crippen LogP) is 2.37. The maximum atomic E-state index is 12.1. The monoisotopic (exact) mass is 292 g/mol. The quantitative estimate of drug-likeness (QED) is 0.772. The summed E-state index contributed by atoms with van der Waals surface area (Å²) < 4.78 is 0. The van der Waals surface area contributed by atoms with Crippen LogP contribution in [0.2, 0.25) is 0 Å². The lowest BCUT2D eigenvalue weighted by Gasteiger charge is -2.25. The number of amides is 1. The van der Waals surface area contributed by atoms with Gasteiger partial charge in [0.25, 0.3) is 0 Å². The molecule has 1 amide bonds. The van der Waals surface area contributed by atoms with Gasteiger partial charge < -0.3 is 10.4 Å². The van der Waals surface area contributed by atoms with E-state index in [9.17, 15) is 9.59 Å². The molecular formula is C16H24N2O3. The van der Waals surface area contributed by atoms with Crippen molar-refractivity contribution in [3.63, 3.8) is 0 Å². The molecule has 0 saturated heterocycles. The van der Waals surface area contributed by atoms with Crippen LogP contribution in [0.5, 0.6) is 0 Å². The molecule has 0 saturated carbocycles. The summed E-state index contributed by atoms with van der Waals surface area (Å²) >= 11 is 0. The number of anilines is 1. The van der Waals surface area contributed by atoms with Crippen LogP contribution >= 0.6 is 0 Å². The second kappa shape index (κ2) is 8.42. The molecule has 0 aliphatic carbocycles. The van der Waals surface area contributed by atoms with E-state index in [-0.39, 0.29) is 25.0 Å². The molecule has 5 heteroatoms. The van der Waals surface area contributed by atoms with E-state index in [2.05, 4.69) is 12.2 Å². The van der Waals surface area contributed by atoms with Crippen LogP contribution in [0.15, 0.2) is 24.3 Å². The molecule has 0 aromatic heterocycles. The van der Waals surface area contributed by atoms with E-state index in [0.717, 1.165) is 24.1 Å². The Balaban J connectivity index is 2.66. The van der Waals surface area contributed by atoms with Gasteiger partial charge in [-0.25, -0.2) is 0 Å². The summed E-state index contributed by atoms with van der Waals surface area (Å²) in [5.41, 5.74) is 1.90. The Kier molecular flexibility index (Phi) is 6.88. The zero-order valence-corrected chi connectivity index (χ0v) is 12.9. The van der Waals surface area contributed by atoms with Gasteiger partial charge in [-0.3, -0.25) is 14.5 Å². The fourth-order valence-electron chi connectivity index (χ4n) is 2.05. The van der Waals surface area contributed by atoms with E-state index in [1.54, 1.807) is 4.90 Å². The highest BCUT2D eigenvalue weighted by Gasteiger charge is 2.18. The molecule has 2 N–H and O–H groups in total. The Morgan fingerprint density at radius 2 is 2.00 bits per heavy atom. The summed E-state index contributed by atoms with van der Waals surface area (Å²) in [6.07, 6.45) is 1.70. The smallest absolute Gasteiger partial charge is 0.317 e. The molecule has 0 aliphatic rings. The van der Waals surface area contributed by atoms with Gasteiger partial charge in [-0.15, -0.1) is 0 Å². The Morgan fingerprint density at radius 3 is 2.57 bits per heavy atom. The highest BCUT2D eigenvalue weighted by atomic mass is 16.4. The van der Waals surface area contributed by atoms with Crippen molar-refractivity contribution in [2.24, 2.45) is 0 Å². The zero-order valence-electron chi connectivity index (χ0n) is 12.9. The maximum Gasteiger partial charge on any atom is 0.317 e. The number of aliphatic carboxylic acids is 1. The van der Waals surface area contributed by atoms with E-state index in [1.807, 2.05) is 38.1 Å². The Morgan fingerprint density at radius 1 is 1.29 bits per heavy atom. The number of carboxylic acids is 1. The first-order valence-corrected chi connectivity index (χ1v) is 7.30. The highest BCUT2D eigenvalue weighted by molar-refractivity contribution is 5.92. The van der Waals surface area contributed by atoms with Gasteiger partial charge in [0.1, 0.15) is 0 Å². The SMILES string of the molecule is CCc1cccc(NC(=O)CN(CC(=O)O)C(C)CC)c1. The first-order valence-electron chi connectivity index (χ1n) is 7.30. The molecule has 0 fully saturated rings. The second-order valence-corrected chi connectivity index (χ2v) is 5.16. The largest absolute Gasteiger partial charge is 0.480 e. The van der Waals surface area contributed by atoms with Crippen LogP contribution in [-0.2, 0) is 16.0 Å². The minimum Gasteiger partial charge on any atom is -0.480 e. The van der Waals surface area contributed by atoms with Gasteiger partial charge in [-0.2, -0.15) is 0 Å². The van der Waals surface area contributed by atoms with Crippen molar-refractivity contribution in [2.75, 3.05) is 18.4 Å². The third-order valence-electron chi connectivity index (χ3n) is 3.52. The number of carbonyl (C=O) groups is 2. The molecule has 1 unspecified atom stereocenters. The van der Waals surface area contributed by atoms with Crippen LogP contribution < -0.4 is 5.32 Å². The van der Waals surface area contributed by atoms with Crippen molar-refractivity contribution >= 4 is 17.6 Å². The van der Waals surface area contributed by atoms with Crippen LogP contribution in [0, 0.1) is 0 Å². The van der Waals surface area contributed by atoms with Gasteiger partial charge in [0.05, 0.1) is 13.1 Å². The fraction of sp³-hybridized carbons (Fsp3) is 0.500. The highest BCUT2D eigenvalue weighted by Crippen LogP contribution is 2.11. The molecule has 0 aliphatic heterocycles. The number of nitrogens with zero attached hydrogens (tertiary/aromatic N) is 1. The average Bonchev–Trinajstić information content (AvgIpc) is 2.45. The van der Waals surface area contributed by atoms with Crippen LogP contribution in [0.3, 0.4) is 0 Å². The zero-order chi connectivity index (χ0) is 15.8. The molecule has 116 valence electrons. The predicted molar refractivity (Wildman–Crippen MR) is 83.4 cm³/mol. The van der Waals surface area contributed by atoms with Gasteiger partial charge >= 0.3 is 5.97 Å². The van der Waals surface area contributed by atoms with Crippen molar-refractivity contribution in [2.45, 2.75) is 39.7 Å². The molecule has 5 nitrogen and oxygen atoms in total. The standard InChI is InChI=1S/C16H24N2O3/c1-4-12(3)18(11-16(20)21)10-15(19)17-14-8-6-7-13(5-2)9-14/h6-9,12H,4-5,10-11H2,1-3H3,(H,17,19)(H,20,21). The first-order chi connectivity index (χ1) is 9.96. The van der Waals surface area contributed by atoms with Crippen molar-refractivity contribution in [3.8, 4) is 0 Å². The number of rotatable bonds is 8. The average molecular weight is 292 g/mol. The molecule has 0 radical (unpaired) electrons. The summed E-state index contributed by atoms with van der Waals surface area (Å²) in [6, 6.07) is 7.72. The number of benzene rings is 1. The lowest BCUT2D eigenvalue weighted by molar-refractivity contribution is -0.139. The third-order valence-corrected chi connectivity index (χ3v) is 3.52. The molecule has 1 atom stereocenters. The lowest BCUT2D eigenvalue weighted by atomic mass is 10.1. The van der Waals surface area contributed by atoms with Crippen molar-refractivity contribution in [1.82, 2.24) is 4.90 Å². The van der Waals surface area contributed by atoms with E-state index in [1.165, 1.54) is 0 Å². The van der Waals surface area contributed by atoms with Crippen molar-refractivity contribution in [3.05, 3.63) is 29.8 Å². The van der Waals surface area contributed by atoms with Crippen molar-refractivity contribution in [1.29, 1.82) is 0 Å². The van der Waals surface area contributed by atoms with Gasteiger partial charge in [-0.05, 0) is 37.5 Å². The van der Waals surface area contributed by atoms with Gasteiger partial charge in [0.15, 0.2) is 0 Å². The number of carboxylic acid groups (broad SMARTS) is 1. The number of nitrogens with one attached hydrogen (secondary N) is 1. The number of aryl methyl sites for hydroxylation is 1. The minimum atomic E-state index is -0.920. The number of carbonyl (C=O) groups excluding carboxylic acids is 1. The third kappa shape index (κ3) is 5.95. The fourth-order valence-corrected chi connectivity index (χ4v) is 2.05. The molecule has 0 bridgehead atoms. The van der Waals surface area contributed by atoms with E-state index < -0.39 is 5.97 Å². The Labute approximate surface area is 126 Å². The van der Waals surface area contributed by atoms with Gasteiger partial charge in [0, 0.05) is 11.7 Å². The molecule has 1 aromatic rings. The lowest BCUT2D eigenvalue weighted by Crippen LogP contribution is -2.42. The minimum absolute atomic E-state index is 0.0498. The number of hydrogen-bond donors (Lipinski definition) is 2. The molecule has 21 heavy (non-hydrogen) atoms. The van der Waals surface area contributed by atoms with Crippen LogP contribution in [0.1, 0.15) is 32.8 Å². The van der Waals surface area contributed by atoms with Gasteiger partial charge in [0.2, 0.25) is 5.91 Å². The van der Waals surface area contributed by atoms with Gasteiger partial charge in [-0.1, -0.05) is 26.0 Å². The molecular weight excluding hydrogens is 268 g/mol. The number of hydrogen-bond acceptors (Lipinski definition) is 3. The van der Waals surface area contributed by atoms with Crippen molar-refractivity contribution < 1.29 is 14.7 Å². The normalized spacial score (nSPS) is 12.2. The second-order valence-electron chi connectivity index (χ2n) is 5.16. The molecule has 1 aromatic carbocycles. The van der Waals surface area contributed by atoms with Crippen LogP contribution in [-0.4, -0.2) is 41.0 Å². The van der Waals surface area contributed by atoms with E-state index in [4.69, 9.17) is 5.11 Å². The van der Waals surface area contributed by atoms with E-state index >= 15 is 0 Å². The Bertz CT molecular complexity index is 488. The molecule has 1 rings (SSSR count). The van der Waals surface area contributed by atoms with E-state index in [0.29, 0.717) is 0 Å². The Hall–Kier alpha value is -1.88. The summed E-state index contributed by atoms with van der Waals surface area (Å²) in [4.78, 5) is 24.6. The molecule has 0 heterocycles. The summed E-state index contributed by atoms with van der Waals surface area (Å²) in [5.74, 6) is -1.11. The maximum absolute atomic E-state index is 12.1. The molecule has 0 spiro atoms. The summed E-state index contributed by atoms with van der Waals surface area (Å²) in [5, 5.41) is 11.8. The van der Waals surface area contributed by atoms with Crippen LogP contribution in [0.4, 0.5) is 5.69 Å². The summed E-state index contributed by atoms with van der Waals surface area (Å²) in [6.45, 7) is 5.91. The first kappa shape index (κ1) is 17.2. The topological polar surface area (TPSA) is 69.6 Å². The van der Waals surface area contributed by atoms with Crippen LogP contribution in [0.25, 0.3) is 0 Å². The summed E-state index contributed by atoms with van der Waals surface area (Å²) in [7, 11) is 0.